The van der Waals surface area contributed by atoms with E-state index in [9.17, 15) is 9.59 Å². The Morgan fingerprint density at radius 2 is 1.42 bits per heavy atom. The van der Waals surface area contributed by atoms with Gasteiger partial charge in [-0.3, -0.25) is 9.59 Å². The molecule has 0 aliphatic heterocycles. The lowest BCUT2D eigenvalue weighted by molar-refractivity contribution is -0.140. The summed E-state index contributed by atoms with van der Waals surface area (Å²) in [7, 11) is 0. The average molecular weight is 483 g/mol. The van der Waals surface area contributed by atoms with Crippen LogP contribution in [0.5, 0.6) is 0 Å². The summed E-state index contributed by atoms with van der Waals surface area (Å²) in [6, 6.07) is 23.9. The first-order valence-electron chi connectivity index (χ1n) is 11.1. The third-order valence-corrected chi connectivity index (χ3v) is 6.11. The molecule has 4 nitrogen and oxygen atoms in total. The van der Waals surface area contributed by atoms with E-state index in [-0.39, 0.29) is 18.2 Å². The van der Waals surface area contributed by atoms with Crippen molar-refractivity contribution in [2.45, 2.75) is 38.8 Å². The summed E-state index contributed by atoms with van der Waals surface area (Å²) in [5, 5.41) is 3.85. The Balaban J connectivity index is 1.97. The Morgan fingerprint density at radius 3 is 2.00 bits per heavy atom. The van der Waals surface area contributed by atoms with Crippen LogP contribution < -0.4 is 5.32 Å². The molecule has 0 bridgehead atoms. The van der Waals surface area contributed by atoms with Crippen LogP contribution in [0, 0.1) is 0 Å². The minimum atomic E-state index is -0.673. The standard InChI is InChI=1S/C27H28Cl2N2O2/c1-2-16-30-27(33)25(17-20-10-5-3-6-11-20)31(19-21-12-7-4-8-13-21)26(32)18-22-23(28)14-9-15-24(22)29/h3-15,25H,2,16-19H2,1H3,(H,30,33). The fourth-order valence-electron chi connectivity index (χ4n) is 3.65. The monoisotopic (exact) mass is 482 g/mol. The number of carbonyl (C=O) groups is 2. The minimum Gasteiger partial charge on any atom is -0.354 e. The van der Waals surface area contributed by atoms with Crippen molar-refractivity contribution in [3.05, 3.63) is 106 Å². The van der Waals surface area contributed by atoms with Gasteiger partial charge in [-0.05, 0) is 35.2 Å². The van der Waals surface area contributed by atoms with Crippen molar-refractivity contribution in [2.75, 3.05) is 6.54 Å². The quantitative estimate of drug-likeness (QED) is 0.402. The zero-order chi connectivity index (χ0) is 23.6. The van der Waals surface area contributed by atoms with Crippen LogP contribution in [-0.4, -0.2) is 29.3 Å². The lowest BCUT2D eigenvalue weighted by Gasteiger charge is -2.32. The van der Waals surface area contributed by atoms with Crippen LogP contribution in [0.2, 0.25) is 10.0 Å². The Bertz CT molecular complexity index is 1040. The molecule has 6 heteroatoms. The van der Waals surface area contributed by atoms with Gasteiger partial charge in [-0.15, -0.1) is 0 Å². The maximum Gasteiger partial charge on any atom is 0.243 e. The van der Waals surface area contributed by atoms with Crippen LogP contribution in [-0.2, 0) is 29.0 Å². The number of nitrogens with zero attached hydrogens (tertiary/aromatic N) is 1. The van der Waals surface area contributed by atoms with E-state index < -0.39 is 6.04 Å². The van der Waals surface area contributed by atoms with Crippen LogP contribution in [0.25, 0.3) is 0 Å². The lowest BCUT2D eigenvalue weighted by Crippen LogP contribution is -2.51. The molecule has 0 fully saturated rings. The van der Waals surface area contributed by atoms with E-state index >= 15 is 0 Å². The second kappa shape index (κ2) is 12.4. The van der Waals surface area contributed by atoms with E-state index in [0.717, 1.165) is 17.5 Å². The van der Waals surface area contributed by atoms with Crippen LogP contribution >= 0.6 is 23.2 Å². The number of halogens is 2. The first kappa shape index (κ1) is 24.8. The van der Waals surface area contributed by atoms with Gasteiger partial charge < -0.3 is 10.2 Å². The van der Waals surface area contributed by atoms with Crippen molar-refractivity contribution in [3.8, 4) is 0 Å². The Kier molecular flexibility index (Phi) is 9.35. The molecule has 0 saturated heterocycles. The predicted molar refractivity (Wildman–Crippen MR) is 134 cm³/mol. The van der Waals surface area contributed by atoms with Crippen molar-refractivity contribution in [2.24, 2.45) is 0 Å². The average Bonchev–Trinajstić information content (AvgIpc) is 2.83. The van der Waals surface area contributed by atoms with Crippen molar-refractivity contribution < 1.29 is 9.59 Å². The van der Waals surface area contributed by atoms with E-state index in [4.69, 9.17) is 23.2 Å². The van der Waals surface area contributed by atoms with E-state index in [1.165, 1.54) is 0 Å². The Hall–Kier alpha value is -2.82. The largest absolute Gasteiger partial charge is 0.354 e. The van der Waals surface area contributed by atoms with Gasteiger partial charge in [0.2, 0.25) is 11.8 Å². The molecular weight excluding hydrogens is 455 g/mol. The molecule has 0 saturated carbocycles. The molecule has 2 amide bonds. The fraction of sp³-hybridized carbons (Fsp3) is 0.259. The van der Waals surface area contributed by atoms with E-state index in [2.05, 4.69) is 5.32 Å². The Morgan fingerprint density at radius 1 is 0.848 bits per heavy atom. The molecule has 0 aliphatic rings. The number of amides is 2. The molecule has 0 radical (unpaired) electrons. The summed E-state index contributed by atoms with van der Waals surface area (Å²) in [5.74, 6) is -0.378. The normalized spacial score (nSPS) is 11.6. The molecule has 1 unspecified atom stereocenters. The molecule has 33 heavy (non-hydrogen) atoms. The number of rotatable bonds is 10. The van der Waals surface area contributed by atoms with Gasteiger partial charge in [0.25, 0.3) is 0 Å². The summed E-state index contributed by atoms with van der Waals surface area (Å²) >= 11 is 12.7. The predicted octanol–water partition coefficient (Wildman–Crippen LogP) is 5.70. The second-order valence-corrected chi connectivity index (χ2v) is 8.70. The summed E-state index contributed by atoms with van der Waals surface area (Å²) in [4.78, 5) is 28.6. The SMILES string of the molecule is CCCNC(=O)C(Cc1ccccc1)N(Cc1ccccc1)C(=O)Cc1c(Cl)cccc1Cl. The van der Waals surface area contributed by atoms with Gasteiger partial charge in [-0.1, -0.05) is 96.9 Å². The zero-order valence-electron chi connectivity index (χ0n) is 18.6. The van der Waals surface area contributed by atoms with Gasteiger partial charge >= 0.3 is 0 Å². The molecule has 0 spiro atoms. The highest BCUT2D eigenvalue weighted by atomic mass is 35.5. The zero-order valence-corrected chi connectivity index (χ0v) is 20.1. The molecule has 0 aromatic heterocycles. The molecule has 3 rings (SSSR count). The van der Waals surface area contributed by atoms with Crippen molar-refractivity contribution >= 4 is 35.0 Å². The van der Waals surface area contributed by atoms with Gasteiger partial charge in [-0.2, -0.15) is 0 Å². The first-order chi connectivity index (χ1) is 16.0. The third kappa shape index (κ3) is 7.08. The molecule has 1 atom stereocenters. The number of benzene rings is 3. The minimum absolute atomic E-state index is 0.0116. The van der Waals surface area contributed by atoms with Gasteiger partial charge in [0, 0.05) is 29.6 Å². The molecule has 3 aromatic carbocycles. The first-order valence-corrected chi connectivity index (χ1v) is 11.8. The smallest absolute Gasteiger partial charge is 0.243 e. The fourth-order valence-corrected chi connectivity index (χ4v) is 4.19. The maximum absolute atomic E-state index is 13.7. The molecule has 1 N–H and O–H groups in total. The second-order valence-electron chi connectivity index (χ2n) is 7.88. The molecular formula is C27H28Cl2N2O2. The van der Waals surface area contributed by atoms with E-state index in [1.807, 2.05) is 67.6 Å². The van der Waals surface area contributed by atoms with E-state index in [1.54, 1.807) is 23.1 Å². The van der Waals surface area contributed by atoms with Gasteiger partial charge in [0.1, 0.15) is 6.04 Å². The Labute approximate surface area is 205 Å². The van der Waals surface area contributed by atoms with Crippen LogP contribution in [0.3, 0.4) is 0 Å². The summed E-state index contributed by atoms with van der Waals surface area (Å²) in [6.07, 6.45) is 1.23. The summed E-state index contributed by atoms with van der Waals surface area (Å²) in [5.41, 5.74) is 2.49. The van der Waals surface area contributed by atoms with Gasteiger partial charge in [0.05, 0.1) is 6.42 Å². The summed E-state index contributed by atoms with van der Waals surface area (Å²) < 4.78 is 0. The molecule has 0 aliphatic carbocycles. The van der Waals surface area contributed by atoms with Gasteiger partial charge in [-0.25, -0.2) is 0 Å². The van der Waals surface area contributed by atoms with Crippen LogP contribution in [0.15, 0.2) is 78.9 Å². The highest BCUT2D eigenvalue weighted by Gasteiger charge is 2.30. The van der Waals surface area contributed by atoms with Crippen molar-refractivity contribution in [3.63, 3.8) is 0 Å². The van der Waals surface area contributed by atoms with E-state index in [0.29, 0.717) is 35.1 Å². The topological polar surface area (TPSA) is 49.4 Å². The van der Waals surface area contributed by atoms with Gasteiger partial charge in [0.15, 0.2) is 0 Å². The highest BCUT2D eigenvalue weighted by molar-refractivity contribution is 6.36. The van der Waals surface area contributed by atoms with Crippen molar-refractivity contribution in [1.82, 2.24) is 10.2 Å². The molecule has 172 valence electrons. The third-order valence-electron chi connectivity index (χ3n) is 5.41. The molecule has 0 heterocycles. The number of hydrogen-bond acceptors (Lipinski definition) is 2. The lowest BCUT2D eigenvalue weighted by atomic mass is 10.0. The number of nitrogens with one attached hydrogen (secondary N) is 1. The summed E-state index contributed by atoms with van der Waals surface area (Å²) in [6.45, 7) is 2.85. The highest BCUT2D eigenvalue weighted by Crippen LogP contribution is 2.26. The van der Waals surface area contributed by atoms with Crippen molar-refractivity contribution in [1.29, 1.82) is 0 Å². The van der Waals surface area contributed by atoms with Crippen LogP contribution in [0.4, 0.5) is 0 Å². The van der Waals surface area contributed by atoms with Crippen LogP contribution in [0.1, 0.15) is 30.0 Å². The molecule has 3 aromatic rings. The number of carbonyl (C=O) groups excluding carboxylic acids is 2. The number of hydrogen-bond donors (Lipinski definition) is 1. The maximum atomic E-state index is 13.7.